The number of alkyl halides is 1. The van der Waals surface area contributed by atoms with Crippen LogP contribution in [0.2, 0.25) is 0 Å². The minimum absolute atomic E-state index is 0.254. The molecule has 5 heteroatoms. The molecule has 0 aromatic carbocycles. The van der Waals surface area contributed by atoms with Gasteiger partial charge in [0, 0.05) is 23.8 Å². The first kappa shape index (κ1) is 11.9. The molecule has 0 radical (unpaired) electrons. The summed E-state index contributed by atoms with van der Waals surface area (Å²) in [6.45, 7) is 0. The van der Waals surface area contributed by atoms with Gasteiger partial charge in [-0.05, 0) is 18.0 Å². The van der Waals surface area contributed by atoms with E-state index >= 15 is 0 Å². The van der Waals surface area contributed by atoms with Crippen LogP contribution in [0.25, 0.3) is 0 Å². The lowest BCUT2D eigenvalue weighted by molar-refractivity contribution is -0.111. The van der Waals surface area contributed by atoms with E-state index in [1.807, 2.05) is 0 Å². The Bertz CT molecular complexity index is 111. The first-order chi connectivity index (χ1) is 5.27. The SMILES string of the molecule is O=C(Cl)CCSSCCCCl. The third kappa shape index (κ3) is 10.9. The van der Waals surface area contributed by atoms with Crippen LogP contribution in [0.4, 0.5) is 0 Å². The maximum absolute atomic E-state index is 10.3. The molecule has 0 amide bonds. The van der Waals surface area contributed by atoms with Crippen LogP contribution in [0, 0.1) is 0 Å². The Balaban J connectivity index is 2.85. The third-order valence-corrected chi connectivity index (χ3v) is 3.78. The molecule has 0 bridgehead atoms. The van der Waals surface area contributed by atoms with Gasteiger partial charge in [-0.1, -0.05) is 21.6 Å². The second kappa shape index (κ2) is 9.04. The fourth-order valence-corrected chi connectivity index (χ4v) is 2.93. The molecule has 0 N–H and O–H groups in total. The first-order valence-corrected chi connectivity index (χ1v) is 6.66. The first-order valence-electron chi connectivity index (χ1n) is 3.26. The molecule has 0 aromatic rings. The van der Waals surface area contributed by atoms with Crippen LogP contribution in [0.3, 0.4) is 0 Å². The molecule has 1 nitrogen and oxygen atoms in total. The van der Waals surface area contributed by atoms with E-state index in [-0.39, 0.29) is 5.24 Å². The number of halogens is 2. The van der Waals surface area contributed by atoms with Gasteiger partial charge in [-0.15, -0.1) is 11.6 Å². The fourth-order valence-electron chi connectivity index (χ4n) is 0.353. The van der Waals surface area contributed by atoms with Gasteiger partial charge in [-0.2, -0.15) is 0 Å². The number of carbonyl (C=O) groups excluding carboxylic acids is 1. The Hall–Kier alpha value is 0.950. The van der Waals surface area contributed by atoms with E-state index in [2.05, 4.69) is 0 Å². The van der Waals surface area contributed by atoms with Gasteiger partial charge in [0.25, 0.3) is 0 Å². The summed E-state index contributed by atoms with van der Waals surface area (Å²) in [4.78, 5) is 10.3. The smallest absolute Gasteiger partial charge is 0.222 e. The molecule has 0 aliphatic carbocycles. The van der Waals surface area contributed by atoms with Crippen molar-refractivity contribution in [1.82, 2.24) is 0 Å². The van der Waals surface area contributed by atoms with Gasteiger partial charge in [0.05, 0.1) is 0 Å². The molecular weight excluding hydrogens is 223 g/mol. The Morgan fingerprint density at radius 3 is 2.45 bits per heavy atom. The molecule has 11 heavy (non-hydrogen) atoms. The van der Waals surface area contributed by atoms with Gasteiger partial charge in [0.15, 0.2) is 0 Å². The van der Waals surface area contributed by atoms with Gasteiger partial charge in [0.2, 0.25) is 5.24 Å². The van der Waals surface area contributed by atoms with Crippen LogP contribution < -0.4 is 0 Å². The van der Waals surface area contributed by atoms with E-state index < -0.39 is 0 Å². The van der Waals surface area contributed by atoms with Crippen molar-refractivity contribution in [2.24, 2.45) is 0 Å². The summed E-state index contributed by atoms with van der Waals surface area (Å²) in [6.07, 6.45) is 1.48. The van der Waals surface area contributed by atoms with Gasteiger partial charge >= 0.3 is 0 Å². The van der Waals surface area contributed by atoms with Gasteiger partial charge in [0.1, 0.15) is 0 Å². The second-order valence-corrected chi connectivity index (χ2v) is 5.29. The fraction of sp³-hybridized carbons (Fsp3) is 0.833. The van der Waals surface area contributed by atoms with Gasteiger partial charge in [-0.3, -0.25) is 4.79 Å². The number of carbonyl (C=O) groups is 1. The minimum Gasteiger partial charge on any atom is -0.281 e. The number of hydrogen-bond donors (Lipinski definition) is 0. The maximum Gasteiger partial charge on any atom is 0.222 e. The molecule has 0 heterocycles. The maximum atomic E-state index is 10.3. The average Bonchev–Trinajstić information content (AvgIpc) is 1.96. The Kier molecular flexibility index (Phi) is 9.82. The van der Waals surface area contributed by atoms with Crippen molar-refractivity contribution in [3.8, 4) is 0 Å². The number of hydrogen-bond acceptors (Lipinski definition) is 3. The van der Waals surface area contributed by atoms with Gasteiger partial charge < -0.3 is 0 Å². The highest BCUT2D eigenvalue weighted by molar-refractivity contribution is 8.76. The van der Waals surface area contributed by atoms with Crippen LogP contribution in [0.15, 0.2) is 0 Å². The van der Waals surface area contributed by atoms with Crippen LogP contribution in [-0.2, 0) is 4.79 Å². The zero-order chi connectivity index (χ0) is 8.53. The van der Waals surface area contributed by atoms with Crippen molar-refractivity contribution in [1.29, 1.82) is 0 Å². The molecule has 0 aliphatic heterocycles. The molecule has 0 aliphatic rings. The summed E-state index contributed by atoms with van der Waals surface area (Å²) in [5.41, 5.74) is 0. The van der Waals surface area contributed by atoms with Crippen molar-refractivity contribution in [2.45, 2.75) is 12.8 Å². The lowest BCUT2D eigenvalue weighted by Crippen LogP contribution is -1.87. The molecule has 0 spiro atoms. The lowest BCUT2D eigenvalue weighted by Gasteiger charge is -1.96. The summed E-state index contributed by atoms with van der Waals surface area (Å²) in [5, 5.41) is -0.254. The van der Waals surface area contributed by atoms with Gasteiger partial charge in [-0.25, -0.2) is 0 Å². The summed E-state index contributed by atoms with van der Waals surface area (Å²) >= 11 is 10.6. The topological polar surface area (TPSA) is 17.1 Å². The van der Waals surface area contributed by atoms with Crippen LogP contribution in [-0.4, -0.2) is 22.6 Å². The molecule has 66 valence electrons. The zero-order valence-corrected chi connectivity index (χ0v) is 9.16. The molecule has 0 rings (SSSR count). The van der Waals surface area contributed by atoms with E-state index in [1.165, 1.54) is 0 Å². The third-order valence-electron chi connectivity index (χ3n) is 0.827. The molecule has 0 saturated carbocycles. The predicted octanol–water partition coefficient (Wildman–Crippen LogP) is 3.15. The predicted molar refractivity (Wildman–Crippen MR) is 55.7 cm³/mol. The second-order valence-electron chi connectivity index (χ2n) is 1.79. The van der Waals surface area contributed by atoms with E-state index in [0.717, 1.165) is 17.9 Å². The van der Waals surface area contributed by atoms with Crippen LogP contribution in [0.1, 0.15) is 12.8 Å². The standard InChI is InChI=1S/C6H10Cl2OS2/c7-3-1-4-10-11-5-2-6(8)9/h1-5H2. The summed E-state index contributed by atoms with van der Waals surface area (Å²) in [6, 6.07) is 0. The summed E-state index contributed by atoms with van der Waals surface area (Å²) in [7, 11) is 3.42. The van der Waals surface area contributed by atoms with E-state index in [9.17, 15) is 4.79 Å². The van der Waals surface area contributed by atoms with Crippen molar-refractivity contribution < 1.29 is 4.79 Å². The minimum atomic E-state index is -0.254. The van der Waals surface area contributed by atoms with Crippen molar-refractivity contribution >= 4 is 50.0 Å². The number of rotatable bonds is 7. The Morgan fingerprint density at radius 1 is 1.27 bits per heavy atom. The highest BCUT2D eigenvalue weighted by atomic mass is 35.5. The van der Waals surface area contributed by atoms with E-state index in [4.69, 9.17) is 23.2 Å². The summed E-state index contributed by atoms with van der Waals surface area (Å²) in [5.74, 6) is 2.56. The quantitative estimate of drug-likeness (QED) is 0.291. The van der Waals surface area contributed by atoms with Crippen LogP contribution in [0.5, 0.6) is 0 Å². The molecule has 0 unspecified atom stereocenters. The van der Waals surface area contributed by atoms with Crippen molar-refractivity contribution in [3.63, 3.8) is 0 Å². The molecule has 0 aromatic heterocycles. The van der Waals surface area contributed by atoms with Crippen molar-refractivity contribution in [2.75, 3.05) is 17.4 Å². The van der Waals surface area contributed by atoms with E-state index in [0.29, 0.717) is 12.3 Å². The molecular formula is C6H10Cl2OS2. The van der Waals surface area contributed by atoms with E-state index in [1.54, 1.807) is 21.6 Å². The highest BCUT2D eigenvalue weighted by Crippen LogP contribution is 2.22. The van der Waals surface area contributed by atoms with Crippen LogP contribution >= 0.6 is 44.8 Å². The molecule has 0 fully saturated rings. The zero-order valence-electron chi connectivity index (χ0n) is 6.02. The largest absolute Gasteiger partial charge is 0.281 e. The molecule has 0 saturated heterocycles. The summed E-state index contributed by atoms with van der Waals surface area (Å²) < 4.78 is 0. The highest BCUT2D eigenvalue weighted by Gasteiger charge is 1.95. The monoisotopic (exact) mass is 232 g/mol. The molecule has 0 atom stereocenters. The average molecular weight is 233 g/mol. The lowest BCUT2D eigenvalue weighted by atomic mass is 10.6. The normalized spacial score (nSPS) is 10.0. The van der Waals surface area contributed by atoms with Crippen molar-refractivity contribution in [3.05, 3.63) is 0 Å². The Labute approximate surface area is 85.0 Å². The Morgan fingerprint density at radius 2 is 1.91 bits per heavy atom.